The number of hydrogen-bond acceptors (Lipinski definition) is 1. The molecule has 2 saturated carbocycles. The van der Waals surface area contributed by atoms with E-state index in [2.05, 4.69) is 20.4 Å². The first-order chi connectivity index (χ1) is 7.43. The normalized spacial score (nSPS) is 35.3. The van der Waals surface area contributed by atoms with Gasteiger partial charge >= 0.3 is 0 Å². The molecule has 3 atom stereocenters. The fourth-order valence-corrected chi connectivity index (χ4v) is 4.03. The second kappa shape index (κ2) is 4.01. The first-order valence-electron chi connectivity index (χ1n) is 6.60. The Bertz CT molecular complexity index is 313. The zero-order valence-corrected chi connectivity index (χ0v) is 10.9. The molecule has 0 amide bonds. The molecule has 2 bridgehead atoms. The molecule has 0 spiro atoms. The Morgan fingerprint density at radius 1 is 1.31 bits per heavy atom. The van der Waals surface area contributed by atoms with E-state index in [1.54, 1.807) is 0 Å². The van der Waals surface area contributed by atoms with Crippen molar-refractivity contribution >= 4 is 5.78 Å². The number of allylic oxidation sites excluding steroid dienone is 1. The first-order valence-corrected chi connectivity index (χ1v) is 6.60. The molecule has 1 nitrogen and oxygen atoms in total. The fraction of sp³-hybridized carbons (Fsp3) is 0.800. The highest BCUT2D eigenvalue weighted by Gasteiger charge is 2.54. The average Bonchev–Trinajstić information content (AvgIpc) is 2.71. The van der Waals surface area contributed by atoms with E-state index in [9.17, 15) is 4.79 Å². The predicted molar refractivity (Wildman–Crippen MR) is 67.2 cm³/mol. The van der Waals surface area contributed by atoms with Crippen molar-refractivity contribution < 1.29 is 4.79 Å². The lowest BCUT2D eigenvalue weighted by atomic mass is 9.66. The highest BCUT2D eigenvalue weighted by Crippen LogP contribution is 2.59. The average molecular weight is 220 g/mol. The number of fused-ring (bicyclic) bond motifs is 2. The van der Waals surface area contributed by atoms with Crippen molar-refractivity contribution in [1.29, 1.82) is 0 Å². The molecule has 0 aromatic carbocycles. The minimum atomic E-state index is 0.259. The minimum absolute atomic E-state index is 0.259. The molecule has 0 radical (unpaired) electrons. The topological polar surface area (TPSA) is 17.1 Å². The van der Waals surface area contributed by atoms with E-state index in [1.165, 1.54) is 19.3 Å². The van der Waals surface area contributed by atoms with Crippen LogP contribution in [-0.2, 0) is 4.79 Å². The van der Waals surface area contributed by atoms with Gasteiger partial charge in [0.05, 0.1) is 0 Å². The van der Waals surface area contributed by atoms with Crippen molar-refractivity contribution in [2.75, 3.05) is 0 Å². The zero-order valence-electron chi connectivity index (χ0n) is 10.9. The molecule has 0 aromatic rings. The van der Waals surface area contributed by atoms with Gasteiger partial charge in [-0.2, -0.15) is 0 Å². The van der Waals surface area contributed by atoms with Crippen LogP contribution in [0.5, 0.6) is 0 Å². The number of carbonyl (C=O) groups is 1. The summed E-state index contributed by atoms with van der Waals surface area (Å²) in [7, 11) is 0. The van der Waals surface area contributed by atoms with Gasteiger partial charge in [-0.05, 0) is 49.9 Å². The van der Waals surface area contributed by atoms with Crippen molar-refractivity contribution in [3.05, 3.63) is 12.2 Å². The van der Waals surface area contributed by atoms with Gasteiger partial charge in [0.2, 0.25) is 0 Å². The van der Waals surface area contributed by atoms with E-state index in [4.69, 9.17) is 0 Å². The molecule has 90 valence electrons. The molecule has 2 fully saturated rings. The molecule has 0 aliphatic heterocycles. The Kier molecular flexibility index (Phi) is 2.98. The van der Waals surface area contributed by atoms with E-state index in [1.807, 2.05) is 6.92 Å². The van der Waals surface area contributed by atoms with E-state index in [-0.39, 0.29) is 5.41 Å². The van der Waals surface area contributed by atoms with Crippen LogP contribution in [0.4, 0.5) is 0 Å². The Labute approximate surface area is 99.3 Å². The number of Topliss-reactive ketones (excluding diaryl/α,β-unsaturated/α-hetero) is 1. The molecular weight excluding hydrogens is 196 g/mol. The molecular formula is C15H24O. The van der Waals surface area contributed by atoms with Crippen LogP contribution in [0.2, 0.25) is 0 Å². The van der Waals surface area contributed by atoms with Crippen LogP contribution in [0.25, 0.3) is 0 Å². The molecule has 2 rings (SSSR count). The van der Waals surface area contributed by atoms with Gasteiger partial charge < -0.3 is 0 Å². The smallest absolute Gasteiger partial charge is 0.137 e. The van der Waals surface area contributed by atoms with Gasteiger partial charge in [0, 0.05) is 12.3 Å². The maximum atomic E-state index is 12.3. The molecule has 1 heteroatoms. The number of rotatable bonds is 4. The highest BCUT2D eigenvalue weighted by atomic mass is 16.1. The van der Waals surface area contributed by atoms with Crippen molar-refractivity contribution in [1.82, 2.24) is 0 Å². The molecule has 3 unspecified atom stereocenters. The summed E-state index contributed by atoms with van der Waals surface area (Å²) in [4.78, 5) is 12.3. The summed E-state index contributed by atoms with van der Waals surface area (Å²) < 4.78 is 0. The summed E-state index contributed by atoms with van der Waals surface area (Å²) >= 11 is 0. The third-order valence-electron chi connectivity index (χ3n) is 4.94. The fourth-order valence-electron chi connectivity index (χ4n) is 4.03. The van der Waals surface area contributed by atoms with Gasteiger partial charge in [0.25, 0.3) is 0 Å². The SMILES string of the molecule is C=C(C)CCC(=O)C1C2CCC(C2)C1(C)C. The van der Waals surface area contributed by atoms with Gasteiger partial charge in [-0.25, -0.2) is 0 Å². The quantitative estimate of drug-likeness (QED) is 0.655. The van der Waals surface area contributed by atoms with E-state index in [0.29, 0.717) is 24.0 Å². The van der Waals surface area contributed by atoms with Gasteiger partial charge in [-0.3, -0.25) is 4.79 Å². The van der Waals surface area contributed by atoms with Crippen molar-refractivity contribution in [2.24, 2.45) is 23.2 Å². The molecule has 0 heterocycles. The lowest BCUT2D eigenvalue weighted by Crippen LogP contribution is -2.36. The highest BCUT2D eigenvalue weighted by molar-refractivity contribution is 5.82. The largest absolute Gasteiger partial charge is 0.299 e. The molecule has 2 aliphatic carbocycles. The summed E-state index contributed by atoms with van der Waals surface area (Å²) in [6.45, 7) is 10.5. The molecule has 2 aliphatic rings. The molecule has 0 saturated heterocycles. The number of hydrogen-bond donors (Lipinski definition) is 0. The lowest BCUT2D eigenvalue weighted by Gasteiger charge is -2.37. The van der Waals surface area contributed by atoms with Crippen LogP contribution in [0.1, 0.15) is 52.9 Å². The summed E-state index contributed by atoms with van der Waals surface area (Å²) in [5.41, 5.74) is 1.39. The maximum absolute atomic E-state index is 12.3. The molecule has 0 N–H and O–H groups in total. The van der Waals surface area contributed by atoms with Gasteiger partial charge in [0.15, 0.2) is 0 Å². The first kappa shape index (κ1) is 11.9. The summed E-state index contributed by atoms with van der Waals surface area (Å²) in [5, 5.41) is 0. The Morgan fingerprint density at radius 2 is 2.00 bits per heavy atom. The van der Waals surface area contributed by atoms with Crippen LogP contribution in [0, 0.1) is 23.2 Å². The number of ketones is 1. The van der Waals surface area contributed by atoms with Crippen LogP contribution >= 0.6 is 0 Å². The zero-order chi connectivity index (χ0) is 11.9. The summed E-state index contributed by atoms with van der Waals surface area (Å²) in [6.07, 6.45) is 5.53. The van der Waals surface area contributed by atoms with Crippen molar-refractivity contribution in [2.45, 2.75) is 52.9 Å². The summed E-state index contributed by atoms with van der Waals surface area (Å²) in [5.74, 6) is 2.33. The second-order valence-electron chi connectivity index (χ2n) is 6.49. The Balaban J connectivity index is 2.03. The van der Waals surface area contributed by atoms with E-state index >= 15 is 0 Å². The Morgan fingerprint density at radius 3 is 2.50 bits per heavy atom. The van der Waals surface area contributed by atoms with Gasteiger partial charge in [0.1, 0.15) is 5.78 Å². The van der Waals surface area contributed by atoms with Crippen LogP contribution in [0.3, 0.4) is 0 Å². The standard InChI is InChI=1S/C15H24O/c1-10(2)5-8-13(16)14-11-6-7-12(9-11)15(14,3)4/h11-12,14H,1,5-9H2,2-4H3. The van der Waals surface area contributed by atoms with Gasteiger partial charge in [-0.15, -0.1) is 6.58 Å². The monoisotopic (exact) mass is 220 g/mol. The van der Waals surface area contributed by atoms with Crippen LogP contribution in [-0.4, -0.2) is 5.78 Å². The maximum Gasteiger partial charge on any atom is 0.137 e. The summed E-state index contributed by atoms with van der Waals surface area (Å²) in [6, 6.07) is 0. The molecule has 16 heavy (non-hydrogen) atoms. The van der Waals surface area contributed by atoms with Gasteiger partial charge in [-0.1, -0.05) is 19.4 Å². The van der Waals surface area contributed by atoms with Crippen molar-refractivity contribution in [3.8, 4) is 0 Å². The second-order valence-corrected chi connectivity index (χ2v) is 6.49. The predicted octanol–water partition coefficient (Wildman–Crippen LogP) is 3.98. The van der Waals surface area contributed by atoms with E-state index < -0.39 is 0 Å². The van der Waals surface area contributed by atoms with Crippen molar-refractivity contribution in [3.63, 3.8) is 0 Å². The Hall–Kier alpha value is -0.590. The van der Waals surface area contributed by atoms with Crippen LogP contribution < -0.4 is 0 Å². The molecule has 0 aromatic heterocycles. The third-order valence-corrected chi connectivity index (χ3v) is 4.94. The van der Waals surface area contributed by atoms with Crippen LogP contribution in [0.15, 0.2) is 12.2 Å². The minimum Gasteiger partial charge on any atom is -0.299 e. The number of carbonyl (C=O) groups excluding carboxylic acids is 1. The lowest BCUT2D eigenvalue weighted by molar-refractivity contribution is -0.128. The third kappa shape index (κ3) is 1.85. The van der Waals surface area contributed by atoms with E-state index in [0.717, 1.165) is 17.9 Å².